The van der Waals surface area contributed by atoms with Gasteiger partial charge in [-0.2, -0.15) is 0 Å². The summed E-state index contributed by atoms with van der Waals surface area (Å²) in [4.78, 5) is 0. The monoisotopic (exact) mass is 290 g/mol. The molecule has 0 heterocycles. The highest BCUT2D eigenvalue weighted by Crippen LogP contribution is 2.25. The summed E-state index contributed by atoms with van der Waals surface area (Å²) in [6.07, 6.45) is 0. The molecule has 98 valence electrons. The quantitative estimate of drug-likeness (QED) is 0.614. The first-order chi connectivity index (χ1) is 6.79. The first-order valence-electron chi connectivity index (χ1n) is 6.79. The summed E-state index contributed by atoms with van der Waals surface area (Å²) in [5, 5.41) is 0. The van der Waals surface area contributed by atoms with Crippen LogP contribution in [0.1, 0.15) is 0 Å². The second kappa shape index (κ2) is 5.67. The summed E-state index contributed by atoms with van der Waals surface area (Å²) in [5.41, 5.74) is 5.09. The summed E-state index contributed by atoms with van der Waals surface area (Å²) in [5.74, 6) is 0. The Morgan fingerprint density at radius 1 is 0.500 bits per heavy atom. The molecule has 0 fully saturated rings. The van der Waals surface area contributed by atoms with Crippen LogP contribution in [0.2, 0.25) is 75.9 Å². The van der Waals surface area contributed by atoms with Gasteiger partial charge < -0.3 is 0 Å². The van der Waals surface area contributed by atoms with Crippen molar-refractivity contribution < 1.29 is 0 Å². The Balaban J connectivity index is 4.53. The van der Waals surface area contributed by atoms with E-state index in [9.17, 15) is 0 Å². The van der Waals surface area contributed by atoms with Crippen LogP contribution in [0.15, 0.2) is 0 Å². The second-order valence-electron chi connectivity index (χ2n) is 9.16. The molecule has 0 aromatic carbocycles. The van der Waals surface area contributed by atoms with Crippen LogP contribution in [0, 0.1) is 0 Å². The molecule has 0 bridgehead atoms. The molecule has 4 heteroatoms. The van der Waals surface area contributed by atoms with E-state index in [0.717, 1.165) is 0 Å². The molecule has 0 aliphatic heterocycles. The van der Waals surface area contributed by atoms with Crippen molar-refractivity contribution >= 4 is 33.0 Å². The Bertz CT molecular complexity index is 166. The van der Waals surface area contributed by atoms with E-state index in [4.69, 9.17) is 0 Å². The molecule has 0 saturated heterocycles. The molecule has 0 aromatic rings. The third-order valence-corrected chi connectivity index (χ3v) is 24.3. The van der Waals surface area contributed by atoms with E-state index in [-0.39, 0.29) is 0 Å². The Morgan fingerprint density at radius 3 is 0.812 bits per heavy atom. The van der Waals surface area contributed by atoms with Crippen LogP contribution in [0.4, 0.5) is 0 Å². The van der Waals surface area contributed by atoms with E-state index in [1.165, 1.54) is 0 Å². The Morgan fingerprint density at radius 2 is 0.688 bits per heavy atom. The molecule has 0 atom stereocenters. The van der Waals surface area contributed by atoms with Crippen molar-refractivity contribution in [3.8, 4) is 0 Å². The lowest BCUT2D eigenvalue weighted by atomic mass is 11.7. The van der Waals surface area contributed by atoms with Crippen molar-refractivity contribution in [2.24, 2.45) is 0 Å². The van der Waals surface area contributed by atoms with E-state index < -0.39 is 33.0 Å². The predicted octanol–water partition coefficient (Wildman–Crippen LogP) is 4.85. The second-order valence-corrected chi connectivity index (χ2v) is 31.2. The molecule has 16 heavy (non-hydrogen) atoms. The third-order valence-electron chi connectivity index (χ3n) is 2.70. The van der Waals surface area contributed by atoms with Crippen molar-refractivity contribution in [3.05, 3.63) is 0 Å². The molecule has 0 aliphatic carbocycles. The van der Waals surface area contributed by atoms with Crippen LogP contribution >= 0.6 is 0 Å². The van der Waals surface area contributed by atoms with Crippen LogP contribution in [0.5, 0.6) is 0 Å². The number of hydrogen-bond acceptors (Lipinski definition) is 0. The molecule has 0 N–H and O–H groups in total. The first-order valence-corrected chi connectivity index (χ1v) is 20.4. The fourth-order valence-electron chi connectivity index (χ4n) is 2.81. The Labute approximate surface area is 109 Å². The van der Waals surface area contributed by atoms with Gasteiger partial charge in [0.25, 0.3) is 0 Å². The van der Waals surface area contributed by atoms with Gasteiger partial charge in [-0.1, -0.05) is 75.9 Å². The maximum atomic E-state index is 2.57. The lowest BCUT2D eigenvalue weighted by Gasteiger charge is -2.32. The molecular weight excluding hydrogens is 256 g/mol. The summed E-state index contributed by atoms with van der Waals surface area (Å²) in [6, 6.07) is 0. The van der Waals surface area contributed by atoms with Crippen LogP contribution < -0.4 is 0 Å². The van der Waals surface area contributed by atoms with E-state index in [1.807, 2.05) is 0 Å². The summed E-state index contributed by atoms with van der Waals surface area (Å²) in [6.45, 7) is 23.1. The van der Waals surface area contributed by atoms with Gasteiger partial charge in [0.2, 0.25) is 0 Å². The zero-order valence-electron chi connectivity index (χ0n) is 13.2. The zero-order chi connectivity index (χ0) is 13.2. The minimum atomic E-state index is -0.814. The third kappa shape index (κ3) is 11.4. The van der Waals surface area contributed by atoms with Gasteiger partial charge in [-0.15, -0.1) is 0 Å². The maximum absolute atomic E-state index is 2.57. The van der Waals surface area contributed by atoms with Gasteiger partial charge in [-0.25, -0.2) is 0 Å². The lowest BCUT2D eigenvalue weighted by Crippen LogP contribution is -2.40. The molecule has 0 radical (unpaired) electrons. The van der Waals surface area contributed by atoms with Crippen LogP contribution in [-0.2, 0) is 0 Å². The van der Waals surface area contributed by atoms with Gasteiger partial charge in [0.15, 0.2) is 0 Å². The predicted molar refractivity (Wildman–Crippen MR) is 91.6 cm³/mol. The van der Waals surface area contributed by atoms with Crippen LogP contribution in [-0.4, -0.2) is 33.0 Å². The molecule has 0 rings (SSSR count). The van der Waals surface area contributed by atoms with Crippen molar-refractivity contribution in [1.82, 2.24) is 0 Å². The van der Waals surface area contributed by atoms with Crippen molar-refractivity contribution in [3.63, 3.8) is 0 Å². The average Bonchev–Trinajstić information content (AvgIpc) is 1.70. The minimum Gasteiger partial charge on any atom is -0.0698 e. The smallest absolute Gasteiger partial charge is 0.0413 e. The summed E-state index contributed by atoms with van der Waals surface area (Å²) in [7, 11) is -2.86. The number of rotatable bonds is 6. The molecule has 0 unspecified atom stereocenters. The van der Waals surface area contributed by atoms with Gasteiger partial charge in [-0.05, 0) is 0 Å². The molecule has 0 nitrogen and oxygen atoms in total. The zero-order valence-corrected chi connectivity index (χ0v) is 17.4. The van der Waals surface area contributed by atoms with Gasteiger partial charge in [0, 0.05) is 33.0 Å². The van der Waals surface area contributed by atoms with Crippen LogP contribution in [0.25, 0.3) is 0 Å². The van der Waals surface area contributed by atoms with Crippen molar-refractivity contribution in [1.29, 1.82) is 0 Å². The molecule has 0 saturated carbocycles. The average molecular weight is 291 g/mol. The molecular formula is C12H34Si4. The molecule has 0 aromatic heterocycles. The standard InChI is InChI=1S/C12H34Si4/c1-14(2,3)10-13(11-15(4,5)6)12-16(7,8)9/h13H,10-12H2,1-9H3. The van der Waals surface area contributed by atoms with Gasteiger partial charge >= 0.3 is 0 Å². The SMILES string of the molecule is C[Si](C)(C)C[SiH](C[Si](C)(C)C)C[Si](C)(C)C. The topological polar surface area (TPSA) is 0 Å². The van der Waals surface area contributed by atoms with Gasteiger partial charge in [0.05, 0.1) is 0 Å². The van der Waals surface area contributed by atoms with Gasteiger partial charge in [-0.3, -0.25) is 0 Å². The fraction of sp³-hybridized carbons (Fsp3) is 1.00. The van der Waals surface area contributed by atoms with Crippen molar-refractivity contribution in [2.75, 3.05) is 0 Å². The Hall–Kier alpha value is 0.868. The maximum Gasteiger partial charge on any atom is 0.0413 e. The minimum absolute atomic E-state index is 0.424. The Kier molecular flexibility index (Phi) is 5.98. The normalized spacial score (nSPS) is 14.6. The lowest BCUT2D eigenvalue weighted by molar-refractivity contribution is 1.46. The van der Waals surface area contributed by atoms with Gasteiger partial charge in [0.1, 0.15) is 0 Å². The van der Waals surface area contributed by atoms with E-state index >= 15 is 0 Å². The molecule has 0 aliphatic rings. The number of hydrogen-bond donors (Lipinski definition) is 0. The van der Waals surface area contributed by atoms with E-state index in [0.29, 0.717) is 0 Å². The summed E-state index contributed by atoms with van der Waals surface area (Å²) >= 11 is 0. The highest BCUT2D eigenvalue weighted by atomic mass is 28.4. The molecule has 0 amide bonds. The fourth-order valence-corrected chi connectivity index (χ4v) is 29.2. The van der Waals surface area contributed by atoms with Crippen LogP contribution in [0.3, 0.4) is 0 Å². The van der Waals surface area contributed by atoms with Crippen molar-refractivity contribution in [2.45, 2.75) is 75.9 Å². The first kappa shape index (κ1) is 16.9. The van der Waals surface area contributed by atoms with E-state index in [2.05, 4.69) is 58.9 Å². The molecule has 0 spiro atoms. The van der Waals surface area contributed by atoms with E-state index in [1.54, 1.807) is 17.0 Å². The largest absolute Gasteiger partial charge is 0.0698 e. The highest BCUT2D eigenvalue weighted by molar-refractivity contribution is 7.00. The summed E-state index contributed by atoms with van der Waals surface area (Å²) < 4.78 is 0. The highest BCUT2D eigenvalue weighted by Gasteiger charge is 2.30.